The number of methoxy groups -OCH3 is 1. The largest absolute Gasteiger partial charge is 0.359 e. The zero-order valence-electron chi connectivity index (χ0n) is 5.42. The van der Waals surface area contributed by atoms with Crippen molar-refractivity contribution in [3.8, 4) is 0 Å². The van der Waals surface area contributed by atoms with Crippen LogP contribution < -0.4 is 5.32 Å². The Labute approximate surface area is 53.8 Å². The van der Waals surface area contributed by atoms with Crippen LogP contribution in [-0.2, 0) is 4.74 Å². The van der Waals surface area contributed by atoms with E-state index in [1.54, 1.807) is 20.7 Å². The molecule has 1 N–H and O–H groups in total. The highest BCUT2D eigenvalue weighted by Gasteiger charge is 2.26. The molecule has 0 bridgehead atoms. The average molecular weight is 129 g/mol. The van der Waals surface area contributed by atoms with E-state index in [0.717, 1.165) is 0 Å². The first-order valence-electron chi connectivity index (χ1n) is 2.65. The van der Waals surface area contributed by atoms with Gasteiger partial charge in [-0.05, 0) is 0 Å². The van der Waals surface area contributed by atoms with E-state index in [0.29, 0.717) is 0 Å². The summed E-state index contributed by atoms with van der Waals surface area (Å²) in [4.78, 5) is 12.1. The van der Waals surface area contributed by atoms with Gasteiger partial charge >= 0.3 is 6.03 Å². The van der Waals surface area contributed by atoms with Gasteiger partial charge < -0.3 is 10.1 Å². The lowest BCUT2D eigenvalue weighted by Crippen LogP contribution is -2.30. The number of hydrogen-bond donors (Lipinski definition) is 1. The summed E-state index contributed by atoms with van der Waals surface area (Å²) in [7, 11) is 3.23. The summed E-state index contributed by atoms with van der Waals surface area (Å²) in [5.41, 5.74) is 0. The Kier molecular flexibility index (Phi) is 1.57. The van der Waals surface area contributed by atoms with E-state index in [4.69, 9.17) is 4.74 Å². The van der Waals surface area contributed by atoms with Gasteiger partial charge in [0.15, 0.2) is 6.23 Å². The van der Waals surface area contributed by atoms with Crippen molar-refractivity contribution < 1.29 is 9.53 Å². The lowest BCUT2D eigenvalue weighted by molar-refractivity contribution is 0.0464. The van der Waals surface area contributed by atoms with Gasteiger partial charge in [-0.2, -0.15) is 0 Å². The van der Waals surface area contributed by atoms with Crippen LogP contribution in [0.5, 0.6) is 0 Å². The van der Waals surface area contributed by atoms with Gasteiger partial charge in [0, 0.05) is 14.2 Å². The first kappa shape index (κ1) is 6.35. The number of ether oxygens (including phenoxy) is 1. The molecule has 4 heteroatoms. The maximum atomic E-state index is 10.6. The molecular formula is C5H9N2O2. The number of carbonyl (C=O) groups excluding carboxylic acids is 1. The number of amides is 2. The van der Waals surface area contributed by atoms with Crippen LogP contribution in [0.1, 0.15) is 0 Å². The van der Waals surface area contributed by atoms with Crippen LogP contribution in [0.4, 0.5) is 4.79 Å². The first-order valence-corrected chi connectivity index (χ1v) is 2.65. The Balaban J connectivity index is 2.51. The summed E-state index contributed by atoms with van der Waals surface area (Å²) in [5, 5.41) is 2.51. The first-order chi connectivity index (χ1) is 4.25. The molecule has 1 atom stereocenters. The highest BCUT2D eigenvalue weighted by molar-refractivity contribution is 5.77. The minimum absolute atomic E-state index is 0.123. The van der Waals surface area contributed by atoms with Crippen molar-refractivity contribution in [2.45, 2.75) is 6.23 Å². The summed E-state index contributed by atoms with van der Waals surface area (Å²) < 4.78 is 4.88. The second-order valence-electron chi connectivity index (χ2n) is 1.85. The van der Waals surface area contributed by atoms with Crippen molar-refractivity contribution in [3.63, 3.8) is 0 Å². The second-order valence-corrected chi connectivity index (χ2v) is 1.85. The third kappa shape index (κ3) is 0.977. The molecule has 1 heterocycles. The minimum atomic E-state index is -0.211. The molecule has 1 fully saturated rings. The minimum Gasteiger partial charge on any atom is -0.359 e. The molecule has 0 aliphatic carbocycles. The smallest absolute Gasteiger partial charge is 0.319 e. The molecule has 2 amide bonds. The van der Waals surface area contributed by atoms with Crippen LogP contribution in [-0.4, -0.2) is 31.3 Å². The van der Waals surface area contributed by atoms with E-state index < -0.39 is 0 Å². The van der Waals surface area contributed by atoms with Gasteiger partial charge in [-0.3, -0.25) is 4.90 Å². The molecule has 1 aliphatic rings. The average Bonchev–Trinajstić information content (AvgIpc) is 2.15. The molecule has 1 saturated heterocycles. The zero-order valence-corrected chi connectivity index (χ0v) is 5.42. The van der Waals surface area contributed by atoms with Crippen LogP contribution in [0, 0.1) is 6.54 Å². The van der Waals surface area contributed by atoms with E-state index in [9.17, 15) is 4.79 Å². The van der Waals surface area contributed by atoms with Gasteiger partial charge in [0.25, 0.3) is 0 Å². The SMILES string of the molecule is COC1[CH]NC(=O)N1C. The molecule has 0 aromatic carbocycles. The highest BCUT2D eigenvalue weighted by Crippen LogP contribution is 2.06. The van der Waals surface area contributed by atoms with Crippen LogP contribution in [0.2, 0.25) is 0 Å². The molecule has 1 unspecified atom stereocenters. The van der Waals surface area contributed by atoms with Crippen molar-refractivity contribution in [1.29, 1.82) is 0 Å². The van der Waals surface area contributed by atoms with E-state index in [2.05, 4.69) is 5.32 Å². The maximum Gasteiger partial charge on any atom is 0.319 e. The highest BCUT2D eigenvalue weighted by atomic mass is 16.5. The van der Waals surface area contributed by atoms with Gasteiger partial charge in [0.1, 0.15) is 6.54 Å². The standard InChI is InChI=1S/C5H9N2O2/c1-7-4(9-2)3-6-5(7)8/h3-4H,1-2H3,(H,6,8). The summed E-state index contributed by atoms with van der Waals surface area (Å²) in [6, 6.07) is -0.123. The summed E-state index contributed by atoms with van der Waals surface area (Å²) in [6.45, 7) is 1.60. The molecule has 0 aromatic rings. The summed E-state index contributed by atoms with van der Waals surface area (Å²) in [6.07, 6.45) is -0.211. The van der Waals surface area contributed by atoms with Crippen LogP contribution in [0.25, 0.3) is 0 Å². The normalized spacial score (nSPS) is 26.7. The van der Waals surface area contributed by atoms with Crippen molar-refractivity contribution >= 4 is 6.03 Å². The topological polar surface area (TPSA) is 41.6 Å². The van der Waals surface area contributed by atoms with Gasteiger partial charge in [-0.15, -0.1) is 0 Å². The lowest BCUT2D eigenvalue weighted by atomic mass is 10.6. The van der Waals surface area contributed by atoms with Crippen molar-refractivity contribution in [1.82, 2.24) is 10.2 Å². The second kappa shape index (κ2) is 2.23. The Morgan fingerprint density at radius 1 is 1.89 bits per heavy atom. The molecule has 4 nitrogen and oxygen atoms in total. The lowest BCUT2D eigenvalue weighted by Gasteiger charge is -2.14. The van der Waals surface area contributed by atoms with Gasteiger partial charge in [-0.25, -0.2) is 4.79 Å². The number of urea groups is 1. The Hall–Kier alpha value is -0.770. The molecule has 1 aliphatic heterocycles. The number of hydrogen-bond acceptors (Lipinski definition) is 2. The van der Waals surface area contributed by atoms with E-state index in [1.165, 1.54) is 4.90 Å². The van der Waals surface area contributed by atoms with Crippen LogP contribution >= 0.6 is 0 Å². The van der Waals surface area contributed by atoms with Gasteiger partial charge in [0.05, 0.1) is 0 Å². The Morgan fingerprint density at radius 3 is 2.78 bits per heavy atom. The van der Waals surface area contributed by atoms with Gasteiger partial charge in [0.2, 0.25) is 0 Å². The van der Waals surface area contributed by atoms with E-state index >= 15 is 0 Å². The number of carbonyl (C=O) groups is 1. The predicted molar refractivity (Wildman–Crippen MR) is 31.4 cm³/mol. The number of nitrogens with zero attached hydrogens (tertiary/aromatic N) is 1. The molecule has 0 spiro atoms. The van der Waals surface area contributed by atoms with Crippen molar-refractivity contribution in [3.05, 3.63) is 6.54 Å². The number of likely N-dealkylation sites (N-methyl/N-ethyl adjacent to an activating group) is 1. The van der Waals surface area contributed by atoms with E-state index in [-0.39, 0.29) is 12.3 Å². The van der Waals surface area contributed by atoms with Crippen LogP contribution in [0.3, 0.4) is 0 Å². The zero-order chi connectivity index (χ0) is 6.85. The molecule has 51 valence electrons. The monoisotopic (exact) mass is 129 g/mol. The molecule has 0 saturated carbocycles. The fourth-order valence-electron chi connectivity index (χ4n) is 0.698. The van der Waals surface area contributed by atoms with E-state index in [1.807, 2.05) is 0 Å². The fraction of sp³-hybridized carbons (Fsp3) is 0.600. The summed E-state index contributed by atoms with van der Waals surface area (Å²) in [5.74, 6) is 0. The summed E-state index contributed by atoms with van der Waals surface area (Å²) >= 11 is 0. The number of rotatable bonds is 1. The molecule has 1 radical (unpaired) electrons. The molecule has 1 rings (SSSR count). The Morgan fingerprint density at radius 2 is 2.56 bits per heavy atom. The van der Waals surface area contributed by atoms with Crippen molar-refractivity contribution in [2.24, 2.45) is 0 Å². The quantitative estimate of drug-likeness (QED) is 0.531. The van der Waals surface area contributed by atoms with Crippen LogP contribution in [0.15, 0.2) is 0 Å². The molecule has 0 aromatic heterocycles. The fourth-order valence-corrected chi connectivity index (χ4v) is 0.698. The predicted octanol–water partition coefficient (Wildman–Crippen LogP) is -0.224. The maximum absolute atomic E-state index is 10.6. The third-order valence-electron chi connectivity index (χ3n) is 1.29. The third-order valence-corrected chi connectivity index (χ3v) is 1.29. The Bertz CT molecular complexity index is 126. The molecule has 9 heavy (non-hydrogen) atoms. The molecular weight excluding hydrogens is 120 g/mol. The van der Waals surface area contributed by atoms with Gasteiger partial charge in [-0.1, -0.05) is 0 Å². The van der Waals surface area contributed by atoms with Crippen molar-refractivity contribution in [2.75, 3.05) is 14.2 Å². The number of nitrogens with one attached hydrogen (secondary N) is 1.